The minimum Gasteiger partial charge on any atom is -0.411 e. The Kier molecular flexibility index (Phi) is 4.40. The van der Waals surface area contributed by atoms with Gasteiger partial charge in [-0.05, 0) is 50.7 Å². The Balaban J connectivity index is 1.90. The van der Waals surface area contributed by atoms with Crippen LogP contribution in [0.15, 0.2) is 5.16 Å². The summed E-state index contributed by atoms with van der Waals surface area (Å²) < 4.78 is 0.333. The molecule has 0 spiro atoms. The van der Waals surface area contributed by atoms with Gasteiger partial charge in [0.15, 0.2) is 0 Å². The van der Waals surface area contributed by atoms with Gasteiger partial charge in [-0.3, -0.25) is 0 Å². The van der Waals surface area contributed by atoms with Crippen molar-refractivity contribution < 1.29 is 5.21 Å². The van der Waals surface area contributed by atoms with Crippen LogP contribution in [0.3, 0.4) is 0 Å². The van der Waals surface area contributed by atoms with Crippen molar-refractivity contribution in [3.8, 4) is 0 Å². The maximum absolute atomic E-state index is 9.15. The zero-order valence-electron chi connectivity index (χ0n) is 11.1. The molecule has 1 N–H and O–H groups in total. The van der Waals surface area contributed by atoms with Gasteiger partial charge in [-0.1, -0.05) is 18.5 Å². The van der Waals surface area contributed by atoms with Gasteiger partial charge < -0.3 is 5.21 Å². The van der Waals surface area contributed by atoms with Crippen LogP contribution in [0.5, 0.6) is 0 Å². The van der Waals surface area contributed by atoms with Gasteiger partial charge in [0.25, 0.3) is 0 Å². The molecule has 0 radical (unpaired) electrons. The summed E-state index contributed by atoms with van der Waals surface area (Å²) in [4.78, 5) is 0. The molecule has 0 aliphatic heterocycles. The van der Waals surface area contributed by atoms with E-state index in [0.717, 1.165) is 18.1 Å². The third-order valence-corrected chi connectivity index (χ3v) is 5.71. The quantitative estimate of drug-likeness (QED) is 0.303. The number of nitrogens with zero attached hydrogens (tertiary/aromatic N) is 1. The second-order valence-corrected chi connectivity index (χ2v) is 7.46. The van der Waals surface area contributed by atoms with E-state index >= 15 is 0 Å². The van der Waals surface area contributed by atoms with E-state index in [4.69, 9.17) is 5.21 Å². The molecule has 0 aromatic carbocycles. The molecule has 0 heterocycles. The van der Waals surface area contributed by atoms with E-state index in [2.05, 4.69) is 30.8 Å². The Morgan fingerprint density at radius 1 is 1.35 bits per heavy atom. The number of hydrogen-bond donors (Lipinski definition) is 1. The Labute approximate surface area is 109 Å². The lowest BCUT2D eigenvalue weighted by atomic mass is 9.96. The van der Waals surface area contributed by atoms with E-state index in [0.29, 0.717) is 10.7 Å². The van der Waals surface area contributed by atoms with Crippen molar-refractivity contribution in [2.75, 3.05) is 5.75 Å². The van der Waals surface area contributed by atoms with Crippen LogP contribution in [0, 0.1) is 11.8 Å². The standard InChI is InChI=1S/C14H25NOS/c1-3-4-9-17-14(2,12-7-8-12)10-13(15-16)11-5-6-11/h11-12,16H,3-10H2,1-2H3/b15-13-. The van der Waals surface area contributed by atoms with Gasteiger partial charge >= 0.3 is 0 Å². The van der Waals surface area contributed by atoms with Crippen LogP contribution in [0.1, 0.15) is 58.8 Å². The van der Waals surface area contributed by atoms with Gasteiger partial charge in [-0.25, -0.2) is 0 Å². The molecule has 1 atom stereocenters. The SMILES string of the molecule is CCCCSC(C)(C/C(=N/O)C1CC1)C1CC1. The maximum Gasteiger partial charge on any atom is 0.0615 e. The largest absolute Gasteiger partial charge is 0.411 e. The average Bonchev–Trinajstić information content (AvgIpc) is 3.19. The number of hydrogen-bond acceptors (Lipinski definition) is 3. The van der Waals surface area contributed by atoms with Crippen LogP contribution in [0.2, 0.25) is 0 Å². The van der Waals surface area contributed by atoms with Crippen molar-refractivity contribution in [2.45, 2.75) is 63.5 Å². The predicted molar refractivity (Wildman–Crippen MR) is 75.1 cm³/mol. The Bertz CT molecular complexity index is 284. The van der Waals surface area contributed by atoms with Crippen molar-refractivity contribution in [1.82, 2.24) is 0 Å². The third kappa shape index (κ3) is 3.64. The summed E-state index contributed by atoms with van der Waals surface area (Å²) in [6.07, 6.45) is 8.81. The van der Waals surface area contributed by atoms with Gasteiger partial charge in [0.05, 0.1) is 5.71 Å². The Morgan fingerprint density at radius 3 is 2.53 bits per heavy atom. The zero-order valence-corrected chi connectivity index (χ0v) is 11.9. The molecule has 2 saturated carbocycles. The minimum atomic E-state index is 0.333. The van der Waals surface area contributed by atoms with E-state index in [-0.39, 0.29) is 0 Å². The van der Waals surface area contributed by atoms with Gasteiger partial charge in [-0.2, -0.15) is 11.8 Å². The molecule has 0 aromatic heterocycles. The molecular weight excluding hydrogens is 230 g/mol. The molecule has 2 rings (SSSR count). The summed E-state index contributed by atoms with van der Waals surface area (Å²) in [5, 5.41) is 12.7. The predicted octanol–water partition coefficient (Wildman–Crippen LogP) is 4.32. The topological polar surface area (TPSA) is 32.6 Å². The van der Waals surface area contributed by atoms with Gasteiger partial charge in [0.2, 0.25) is 0 Å². The first kappa shape index (κ1) is 13.3. The molecule has 3 heteroatoms. The highest BCUT2D eigenvalue weighted by molar-refractivity contribution is 8.00. The van der Waals surface area contributed by atoms with Gasteiger partial charge in [-0.15, -0.1) is 0 Å². The van der Waals surface area contributed by atoms with Gasteiger partial charge in [0, 0.05) is 17.1 Å². The molecule has 2 nitrogen and oxygen atoms in total. The van der Waals surface area contributed by atoms with E-state index in [1.807, 2.05) is 0 Å². The lowest BCUT2D eigenvalue weighted by Crippen LogP contribution is -2.28. The summed E-state index contributed by atoms with van der Waals surface area (Å²) in [5.74, 6) is 2.72. The lowest BCUT2D eigenvalue weighted by molar-refractivity contribution is 0.314. The molecule has 2 aliphatic carbocycles. The van der Waals surface area contributed by atoms with Crippen LogP contribution in [-0.2, 0) is 0 Å². The summed E-state index contributed by atoms with van der Waals surface area (Å²) >= 11 is 2.12. The highest BCUT2D eigenvalue weighted by Gasteiger charge is 2.44. The molecule has 2 fully saturated rings. The van der Waals surface area contributed by atoms with Crippen LogP contribution >= 0.6 is 11.8 Å². The smallest absolute Gasteiger partial charge is 0.0615 e. The van der Waals surface area contributed by atoms with Crippen molar-refractivity contribution in [2.24, 2.45) is 17.0 Å². The van der Waals surface area contributed by atoms with E-state index < -0.39 is 0 Å². The number of oxime groups is 1. The lowest BCUT2D eigenvalue weighted by Gasteiger charge is -2.29. The molecule has 1 unspecified atom stereocenters. The van der Waals surface area contributed by atoms with Gasteiger partial charge in [0.1, 0.15) is 0 Å². The summed E-state index contributed by atoms with van der Waals surface area (Å²) in [6, 6.07) is 0. The fourth-order valence-corrected chi connectivity index (χ4v) is 4.12. The van der Waals surface area contributed by atoms with Crippen molar-refractivity contribution in [3.05, 3.63) is 0 Å². The van der Waals surface area contributed by atoms with Crippen LogP contribution in [0.4, 0.5) is 0 Å². The Morgan fingerprint density at radius 2 is 2.06 bits per heavy atom. The molecular formula is C14H25NOS. The first-order valence-electron chi connectivity index (χ1n) is 7.04. The average molecular weight is 255 g/mol. The minimum absolute atomic E-state index is 0.333. The number of thioether (sulfide) groups is 1. The van der Waals surface area contributed by atoms with Crippen molar-refractivity contribution in [3.63, 3.8) is 0 Å². The summed E-state index contributed by atoms with van der Waals surface area (Å²) in [6.45, 7) is 4.64. The molecule has 0 aromatic rings. The molecule has 17 heavy (non-hydrogen) atoms. The fourth-order valence-electron chi connectivity index (χ4n) is 2.49. The van der Waals surface area contributed by atoms with Crippen LogP contribution in [-0.4, -0.2) is 21.4 Å². The number of unbranched alkanes of at least 4 members (excludes halogenated alkanes) is 1. The second-order valence-electron chi connectivity index (χ2n) is 5.83. The molecule has 0 amide bonds. The van der Waals surface area contributed by atoms with E-state index in [1.54, 1.807) is 0 Å². The van der Waals surface area contributed by atoms with Crippen molar-refractivity contribution >= 4 is 17.5 Å². The van der Waals surface area contributed by atoms with Crippen molar-refractivity contribution in [1.29, 1.82) is 0 Å². The first-order valence-corrected chi connectivity index (χ1v) is 8.03. The molecule has 0 saturated heterocycles. The first-order chi connectivity index (χ1) is 8.19. The monoisotopic (exact) mass is 255 g/mol. The summed E-state index contributed by atoms with van der Waals surface area (Å²) in [5.41, 5.74) is 1.07. The maximum atomic E-state index is 9.15. The summed E-state index contributed by atoms with van der Waals surface area (Å²) in [7, 11) is 0. The molecule has 98 valence electrons. The second kappa shape index (κ2) is 5.64. The van der Waals surface area contributed by atoms with Crippen LogP contribution in [0.25, 0.3) is 0 Å². The van der Waals surface area contributed by atoms with E-state index in [1.165, 1.54) is 44.3 Å². The van der Waals surface area contributed by atoms with E-state index in [9.17, 15) is 0 Å². The number of rotatable bonds is 8. The third-order valence-electron chi connectivity index (χ3n) is 4.08. The highest BCUT2D eigenvalue weighted by atomic mass is 32.2. The normalized spacial score (nSPS) is 24.7. The fraction of sp³-hybridized carbons (Fsp3) is 0.929. The molecule has 2 aliphatic rings. The highest BCUT2D eigenvalue weighted by Crippen LogP contribution is 2.51. The molecule has 0 bridgehead atoms. The zero-order chi connectivity index (χ0) is 12.3. The Hall–Kier alpha value is -0.180. The van der Waals surface area contributed by atoms with Crippen LogP contribution < -0.4 is 0 Å².